The molecule has 2 rings (SSSR count). The van der Waals surface area contributed by atoms with Crippen molar-refractivity contribution in [2.75, 3.05) is 19.6 Å². The highest BCUT2D eigenvalue weighted by Gasteiger charge is 2.24. The molecule has 2 aromatic heterocycles. The number of nitrogens with zero attached hydrogens (tertiary/aromatic N) is 5. The third-order valence-corrected chi connectivity index (χ3v) is 4.08. The summed E-state index contributed by atoms with van der Waals surface area (Å²) in [5.41, 5.74) is -0.338. The van der Waals surface area contributed by atoms with E-state index in [-0.39, 0.29) is 12.5 Å². The van der Waals surface area contributed by atoms with Crippen LogP contribution in [0.3, 0.4) is 0 Å². The Balaban J connectivity index is 1.84. The fraction of sp³-hybridized carbons (Fsp3) is 0.667. The minimum absolute atomic E-state index is 0.232. The third-order valence-electron chi connectivity index (χ3n) is 4.08. The van der Waals surface area contributed by atoms with Crippen molar-refractivity contribution < 1.29 is 9.63 Å². The largest absolute Gasteiger partial charge is 0.383 e. The van der Waals surface area contributed by atoms with Gasteiger partial charge in [0.15, 0.2) is 11.8 Å². The van der Waals surface area contributed by atoms with Gasteiger partial charge < -0.3 is 20.3 Å². The molecule has 3 N–H and O–H groups in total. The highest BCUT2D eigenvalue weighted by molar-refractivity contribution is 5.79. The van der Waals surface area contributed by atoms with Crippen LogP contribution in [0.25, 0.3) is 0 Å². The van der Waals surface area contributed by atoms with Crippen LogP contribution in [0.15, 0.2) is 21.9 Å². The van der Waals surface area contributed by atoms with Gasteiger partial charge in [-0.25, -0.2) is 4.99 Å². The van der Waals surface area contributed by atoms with Crippen LogP contribution in [0.1, 0.15) is 57.3 Å². The molecular weight excluding hydrogens is 346 g/mol. The van der Waals surface area contributed by atoms with Crippen molar-refractivity contribution >= 4 is 5.96 Å². The maximum absolute atomic E-state index is 10.6. The Kier molecular flexibility index (Phi) is 7.35. The quantitative estimate of drug-likeness (QED) is 0.343. The number of aromatic nitrogens is 4. The van der Waals surface area contributed by atoms with Crippen LogP contribution >= 0.6 is 0 Å². The smallest absolute Gasteiger partial charge is 0.226 e. The van der Waals surface area contributed by atoms with Crippen LogP contribution in [-0.4, -0.2) is 50.6 Å². The van der Waals surface area contributed by atoms with E-state index in [9.17, 15) is 5.11 Å². The summed E-state index contributed by atoms with van der Waals surface area (Å²) in [5, 5.41) is 25.2. The lowest BCUT2D eigenvalue weighted by Crippen LogP contribution is -2.39. The van der Waals surface area contributed by atoms with Crippen molar-refractivity contribution in [2.24, 2.45) is 12.0 Å². The first-order valence-corrected chi connectivity index (χ1v) is 9.38. The summed E-state index contributed by atoms with van der Waals surface area (Å²) in [7, 11) is 1.82. The molecule has 1 atom stereocenters. The highest BCUT2D eigenvalue weighted by Crippen LogP contribution is 2.19. The number of guanidine groups is 1. The summed E-state index contributed by atoms with van der Waals surface area (Å²) in [4.78, 5) is 8.87. The van der Waals surface area contributed by atoms with E-state index in [0.29, 0.717) is 24.8 Å². The van der Waals surface area contributed by atoms with E-state index in [4.69, 9.17) is 4.52 Å². The molecule has 2 aromatic rings. The minimum atomic E-state index is -1.08. The lowest BCUT2D eigenvalue weighted by molar-refractivity contribution is 0.0672. The van der Waals surface area contributed by atoms with E-state index in [2.05, 4.69) is 30.9 Å². The molecule has 0 amide bonds. The van der Waals surface area contributed by atoms with Gasteiger partial charge in [0.2, 0.25) is 5.89 Å². The topological polar surface area (TPSA) is 113 Å². The normalized spacial score (nSPS) is 14.4. The van der Waals surface area contributed by atoms with Crippen LogP contribution in [0, 0.1) is 0 Å². The van der Waals surface area contributed by atoms with Crippen molar-refractivity contribution in [3.05, 3.63) is 29.7 Å². The van der Waals surface area contributed by atoms with Crippen LogP contribution in [0.2, 0.25) is 0 Å². The summed E-state index contributed by atoms with van der Waals surface area (Å²) in [6, 6.07) is 0. The zero-order valence-corrected chi connectivity index (χ0v) is 16.9. The molecular formula is C18H31N7O2. The molecule has 0 aliphatic carbocycles. The van der Waals surface area contributed by atoms with Crippen LogP contribution in [0.4, 0.5) is 0 Å². The van der Waals surface area contributed by atoms with Crippen molar-refractivity contribution in [3.8, 4) is 0 Å². The number of aliphatic imine (C=N–C) groups is 1. The summed E-state index contributed by atoms with van der Waals surface area (Å²) in [6.45, 7) is 9.49. The second-order valence-corrected chi connectivity index (χ2v) is 7.10. The number of aryl methyl sites for hydroxylation is 2. The SMILES string of the molecule is CCNC(=NCC(C)(O)c1cnn(C)c1)NCCCc1nc(C(C)C)no1. The molecule has 0 bridgehead atoms. The van der Waals surface area contributed by atoms with Crippen molar-refractivity contribution in [1.29, 1.82) is 0 Å². The fourth-order valence-corrected chi connectivity index (χ4v) is 2.42. The number of rotatable bonds is 9. The molecule has 1 unspecified atom stereocenters. The van der Waals surface area contributed by atoms with Gasteiger partial charge >= 0.3 is 0 Å². The Morgan fingerprint density at radius 3 is 2.78 bits per heavy atom. The van der Waals surface area contributed by atoms with Gasteiger partial charge in [-0.05, 0) is 20.3 Å². The Morgan fingerprint density at radius 1 is 1.41 bits per heavy atom. The van der Waals surface area contributed by atoms with Crippen LogP contribution < -0.4 is 10.6 Å². The summed E-state index contributed by atoms with van der Waals surface area (Å²) < 4.78 is 6.91. The average molecular weight is 377 g/mol. The van der Waals surface area contributed by atoms with Crippen molar-refractivity contribution in [3.63, 3.8) is 0 Å². The summed E-state index contributed by atoms with van der Waals surface area (Å²) in [6.07, 6.45) is 5.00. The maximum atomic E-state index is 10.6. The van der Waals surface area contributed by atoms with Crippen LogP contribution in [0.5, 0.6) is 0 Å². The van der Waals surface area contributed by atoms with Gasteiger partial charge in [0.1, 0.15) is 5.60 Å². The summed E-state index contributed by atoms with van der Waals surface area (Å²) in [5.74, 6) is 2.32. The molecule has 0 saturated heterocycles. The maximum Gasteiger partial charge on any atom is 0.226 e. The summed E-state index contributed by atoms with van der Waals surface area (Å²) >= 11 is 0. The van der Waals surface area contributed by atoms with Gasteiger partial charge in [0.25, 0.3) is 0 Å². The second-order valence-electron chi connectivity index (χ2n) is 7.10. The lowest BCUT2D eigenvalue weighted by atomic mass is 10.0. The minimum Gasteiger partial charge on any atom is -0.383 e. The third kappa shape index (κ3) is 6.35. The molecule has 9 nitrogen and oxygen atoms in total. The molecule has 27 heavy (non-hydrogen) atoms. The van der Waals surface area contributed by atoms with Gasteiger partial charge in [-0.2, -0.15) is 10.1 Å². The van der Waals surface area contributed by atoms with Gasteiger partial charge in [-0.15, -0.1) is 0 Å². The fourth-order valence-electron chi connectivity index (χ4n) is 2.42. The van der Waals surface area contributed by atoms with E-state index in [1.807, 2.05) is 27.8 Å². The first kappa shape index (κ1) is 20.9. The first-order chi connectivity index (χ1) is 12.8. The monoisotopic (exact) mass is 377 g/mol. The molecule has 150 valence electrons. The zero-order chi connectivity index (χ0) is 19.9. The van der Waals surface area contributed by atoms with E-state index in [0.717, 1.165) is 24.4 Å². The number of hydrogen-bond acceptors (Lipinski definition) is 6. The van der Waals surface area contributed by atoms with Gasteiger partial charge in [-0.1, -0.05) is 19.0 Å². The highest BCUT2D eigenvalue weighted by atomic mass is 16.5. The Morgan fingerprint density at radius 2 is 2.19 bits per heavy atom. The van der Waals surface area contributed by atoms with Crippen LogP contribution in [-0.2, 0) is 19.1 Å². The van der Waals surface area contributed by atoms with Gasteiger partial charge in [0.05, 0.1) is 12.7 Å². The lowest BCUT2D eigenvalue weighted by Gasteiger charge is -2.20. The number of hydrogen-bond donors (Lipinski definition) is 3. The molecule has 0 aliphatic rings. The molecule has 0 aliphatic heterocycles. The Hall–Kier alpha value is -2.42. The standard InChI is InChI=1S/C18H31N7O2/c1-6-19-17(21-12-18(4,26)14-10-22-25(5)11-14)20-9-7-8-15-23-16(13(2)3)24-27-15/h10-11,13,26H,6-9,12H2,1-5H3,(H2,19,20,21). The van der Waals surface area contributed by atoms with E-state index < -0.39 is 5.60 Å². The second kappa shape index (κ2) is 9.50. The number of nitrogens with one attached hydrogen (secondary N) is 2. The van der Waals surface area contributed by atoms with Gasteiger partial charge in [0, 0.05) is 44.2 Å². The van der Waals surface area contributed by atoms with E-state index >= 15 is 0 Å². The van der Waals surface area contributed by atoms with Gasteiger partial charge in [-0.3, -0.25) is 4.68 Å². The molecule has 0 saturated carbocycles. The molecule has 2 heterocycles. The van der Waals surface area contributed by atoms with Crippen molar-refractivity contribution in [1.82, 2.24) is 30.6 Å². The zero-order valence-electron chi connectivity index (χ0n) is 16.9. The molecule has 0 radical (unpaired) electrons. The van der Waals surface area contributed by atoms with Crippen molar-refractivity contribution in [2.45, 2.75) is 52.1 Å². The number of aliphatic hydroxyl groups is 1. The predicted octanol–water partition coefficient (Wildman–Crippen LogP) is 1.32. The predicted molar refractivity (Wildman–Crippen MR) is 103 cm³/mol. The molecule has 9 heteroatoms. The van der Waals surface area contributed by atoms with E-state index in [1.165, 1.54) is 0 Å². The molecule has 0 fully saturated rings. The average Bonchev–Trinajstić information content (AvgIpc) is 3.26. The Bertz CT molecular complexity index is 734. The molecule has 0 spiro atoms. The molecule has 0 aromatic carbocycles. The Labute approximate surface area is 160 Å². The first-order valence-electron chi connectivity index (χ1n) is 9.38. The van der Waals surface area contributed by atoms with E-state index in [1.54, 1.807) is 24.0 Å².